The maximum atomic E-state index is 11.5. The van der Waals surface area contributed by atoms with Gasteiger partial charge in [0.05, 0.1) is 5.56 Å². The fourth-order valence-corrected chi connectivity index (χ4v) is 3.60. The average molecular weight is 260 g/mol. The Morgan fingerprint density at radius 2 is 1.63 bits per heavy atom. The van der Waals surface area contributed by atoms with Gasteiger partial charge in [0.2, 0.25) is 0 Å². The van der Waals surface area contributed by atoms with E-state index in [2.05, 4.69) is 33.8 Å². The molecule has 2 nitrogen and oxygen atoms in total. The molecule has 104 valence electrons. The number of rotatable bonds is 1. The van der Waals surface area contributed by atoms with Crippen molar-refractivity contribution in [2.75, 3.05) is 0 Å². The van der Waals surface area contributed by atoms with Crippen LogP contribution in [0.3, 0.4) is 0 Å². The zero-order chi connectivity index (χ0) is 14.6. The summed E-state index contributed by atoms with van der Waals surface area (Å²) in [5, 5.41) is 9.45. The average Bonchev–Trinajstić information content (AvgIpc) is 2.23. The molecule has 19 heavy (non-hydrogen) atoms. The Labute approximate surface area is 115 Å². The highest BCUT2D eigenvalue weighted by molar-refractivity contribution is 5.92. The quantitative estimate of drug-likeness (QED) is 0.815. The Hall–Kier alpha value is -1.31. The number of hydrogen-bond acceptors (Lipinski definition) is 1. The summed E-state index contributed by atoms with van der Waals surface area (Å²) in [5.41, 5.74) is 5.12. The van der Waals surface area contributed by atoms with Crippen LogP contribution in [0, 0.1) is 13.8 Å². The molecule has 0 fully saturated rings. The molecule has 0 aliphatic heterocycles. The summed E-state index contributed by atoms with van der Waals surface area (Å²) >= 11 is 0. The summed E-state index contributed by atoms with van der Waals surface area (Å²) in [6.45, 7) is 12.9. The van der Waals surface area contributed by atoms with E-state index in [4.69, 9.17) is 0 Å². The Kier molecular flexibility index (Phi) is 3.04. The highest BCUT2D eigenvalue weighted by Gasteiger charge is 2.39. The smallest absolute Gasteiger partial charge is 0.336 e. The maximum Gasteiger partial charge on any atom is 0.336 e. The van der Waals surface area contributed by atoms with Crippen molar-refractivity contribution >= 4 is 5.97 Å². The molecule has 0 aromatic heterocycles. The van der Waals surface area contributed by atoms with Crippen LogP contribution in [0.5, 0.6) is 0 Å². The zero-order valence-corrected chi connectivity index (χ0v) is 12.8. The number of aryl methyl sites for hydroxylation is 1. The monoisotopic (exact) mass is 260 g/mol. The lowest BCUT2D eigenvalue weighted by Crippen LogP contribution is -2.35. The summed E-state index contributed by atoms with van der Waals surface area (Å²) in [6, 6.07) is 2.10. The number of carboxylic acids is 1. The van der Waals surface area contributed by atoms with Crippen molar-refractivity contribution in [2.45, 2.75) is 65.2 Å². The Bertz CT molecular complexity index is 551. The van der Waals surface area contributed by atoms with Crippen LogP contribution < -0.4 is 0 Å². The van der Waals surface area contributed by atoms with Gasteiger partial charge in [-0.15, -0.1) is 0 Å². The molecule has 0 bridgehead atoms. The predicted molar refractivity (Wildman–Crippen MR) is 78.2 cm³/mol. The molecule has 0 atom stereocenters. The molecule has 0 saturated heterocycles. The first-order valence-corrected chi connectivity index (χ1v) is 6.96. The lowest BCUT2D eigenvalue weighted by Gasteiger charge is -2.43. The van der Waals surface area contributed by atoms with Crippen molar-refractivity contribution in [3.8, 4) is 0 Å². The zero-order valence-electron chi connectivity index (χ0n) is 12.8. The molecule has 0 amide bonds. The van der Waals surface area contributed by atoms with Crippen molar-refractivity contribution in [2.24, 2.45) is 0 Å². The first kappa shape index (κ1) is 14.1. The molecule has 1 N–H and O–H groups in total. The summed E-state index contributed by atoms with van der Waals surface area (Å²) in [5.74, 6) is -0.808. The van der Waals surface area contributed by atoms with Crippen molar-refractivity contribution in [3.63, 3.8) is 0 Å². The van der Waals surface area contributed by atoms with Gasteiger partial charge in [0.25, 0.3) is 0 Å². The van der Waals surface area contributed by atoms with E-state index >= 15 is 0 Å². The molecule has 2 rings (SSSR count). The van der Waals surface area contributed by atoms with Gasteiger partial charge in [-0.3, -0.25) is 0 Å². The second kappa shape index (κ2) is 4.09. The third-order valence-corrected chi connectivity index (χ3v) is 4.77. The molecule has 0 saturated carbocycles. The SMILES string of the molecule is Cc1cc2c(c(C)c1C(=O)O)C(C)(C)CCC2(C)C. The molecule has 1 aliphatic rings. The summed E-state index contributed by atoms with van der Waals surface area (Å²) < 4.78 is 0. The van der Waals surface area contributed by atoms with E-state index in [0.29, 0.717) is 5.56 Å². The molecule has 0 heterocycles. The molecule has 0 spiro atoms. The second-order valence-corrected chi connectivity index (χ2v) is 7.19. The van der Waals surface area contributed by atoms with E-state index in [9.17, 15) is 9.90 Å². The Morgan fingerprint density at radius 3 is 2.16 bits per heavy atom. The molecular formula is C17H24O2. The molecule has 1 aromatic carbocycles. The van der Waals surface area contributed by atoms with Crippen molar-refractivity contribution in [3.05, 3.63) is 33.9 Å². The van der Waals surface area contributed by atoms with Gasteiger partial charge in [0.1, 0.15) is 0 Å². The number of carbonyl (C=O) groups is 1. The van der Waals surface area contributed by atoms with Gasteiger partial charge in [0.15, 0.2) is 0 Å². The molecule has 2 heteroatoms. The normalized spacial score (nSPS) is 19.9. The summed E-state index contributed by atoms with van der Waals surface area (Å²) in [7, 11) is 0. The molecule has 0 unspecified atom stereocenters. The predicted octanol–water partition coefficient (Wildman–Crippen LogP) is 4.35. The number of aromatic carboxylic acids is 1. The highest BCUT2D eigenvalue weighted by atomic mass is 16.4. The molecule has 1 aromatic rings. The minimum Gasteiger partial charge on any atom is -0.478 e. The third kappa shape index (κ3) is 2.07. The van der Waals surface area contributed by atoms with Gasteiger partial charge in [-0.1, -0.05) is 33.8 Å². The van der Waals surface area contributed by atoms with Gasteiger partial charge in [0, 0.05) is 0 Å². The van der Waals surface area contributed by atoms with E-state index in [-0.39, 0.29) is 10.8 Å². The van der Waals surface area contributed by atoms with E-state index in [1.807, 2.05) is 13.8 Å². The lowest BCUT2D eigenvalue weighted by atomic mass is 9.61. The van der Waals surface area contributed by atoms with Gasteiger partial charge < -0.3 is 5.11 Å². The topological polar surface area (TPSA) is 37.3 Å². The molecule has 1 aliphatic carbocycles. The number of fused-ring (bicyclic) bond motifs is 1. The number of carboxylic acid groups (broad SMARTS) is 1. The fourth-order valence-electron chi connectivity index (χ4n) is 3.60. The van der Waals surface area contributed by atoms with Crippen molar-refractivity contribution in [1.82, 2.24) is 0 Å². The Balaban J connectivity index is 2.85. The van der Waals surface area contributed by atoms with Gasteiger partial charge in [-0.05, 0) is 59.8 Å². The molecular weight excluding hydrogens is 236 g/mol. The van der Waals surface area contributed by atoms with Crippen molar-refractivity contribution < 1.29 is 9.90 Å². The minimum absolute atomic E-state index is 0.0623. The van der Waals surface area contributed by atoms with Crippen LogP contribution in [0.25, 0.3) is 0 Å². The van der Waals surface area contributed by atoms with Crippen LogP contribution in [-0.2, 0) is 10.8 Å². The van der Waals surface area contributed by atoms with Crippen LogP contribution in [0.2, 0.25) is 0 Å². The van der Waals surface area contributed by atoms with E-state index in [0.717, 1.165) is 24.0 Å². The van der Waals surface area contributed by atoms with Gasteiger partial charge >= 0.3 is 5.97 Å². The molecule has 0 radical (unpaired) electrons. The van der Waals surface area contributed by atoms with Gasteiger partial charge in [-0.2, -0.15) is 0 Å². The van der Waals surface area contributed by atoms with E-state index in [1.165, 1.54) is 11.1 Å². The van der Waals surface area contributed by atoms with Crippen LogP contribution in [0.1, 0.15) is 73.1 Å². The minimum atomic E-state index is -0.808. The largest absolute Gasteiger partial charge is 0.478 e. The summed E-state index contributed by atoms with van der Waals surface area (Å²) in [6.07, 6.45) is 2.26. The second-order valence-electron chi connectivity index (χ2n) is 7.19. The highest BCUT2D eigenvalue weighted by Crippen LogP contribution is 2.48. The summed E-state index contributed by atoms with van der Waals surface area (Å²) in [4.78, 5) is 11.5. The van der Waals surface area contributed by atoms with Crippen LogP contribution in [0.4, 0.5) is 0 Å². The van der Waals surface area contributed by atoms with Crippen LogP contribution in [-0.4, -0.2) is 11.1 Å². The van der Waals surface area contributed by atoms with E-state index < -0.39 is 5.97 Å². The van der Waals surface area contributed by atoms with Crippen molar-refractivity contribution in [1.29, 1.82) is 0 Å². The van der Waals surface area contributed by atoms with Crippen LogP contribution >= 0.6 is 0 Å². The maximum absolute atomic E-state index is 11.5. The first-order valence-electron chi connectivity index (χ1n) is 6.96. The number of hydrogen-bond donors (Lipinski definition) is 1. The Morgan fingerprint density at radius 1 is 1.11 bits per heavy atom. The fraction of sp³-hybridized carbons (Fsp3) is 0.588. The van der Waals surface area contributed by atoms with Gasteiger partial charge in [-0.25, -0.2) is 4.79 Å². The third-order valence-electron chi connectivity index (χ3n) is 4.77. The van der Waals surface area contributed by atoms with E-state index in [1.54, 1.807) is 0 Å². The standard InChI is InChI=1S/C17H24O2/c1-10-9-12-14(11(2)13(10)15(18)19)17(5,6)8-7-16(12,3)4/h9H,7-8H2,1-6H3,(H,18,19). The lowest BCUT2D eigenvalue weighted by molar-refractivity contribution is 0.0695. The van der Waals surface area contributed by atoms with Crippen LogP contribution in [0.15, 0.2) is 6.07 Å². The first-order chi connectivity index (χ1) is 8.58. The number of benzene rings is 1.